The lowest BCUT2D eigenvalue weighted by Gasteiger charge is -2.34. The van der Waals surface area contributed by atoms with Gasteiger partial charge in [0.15, 0.2) is 11.6 Å². The molecule has 1 aliphatic carbocycles. The fourth-order valence-corrected chi connectivity index (χ4v) is 4.47. The molecule has 3 nitrogen and oxygen atoms in total. The minimum Gasteiger partial charge on any atom is -0.313 e. The van der Waals surface area contributed by atoms with Gasteiger partial charge in [0.05, 0.1) is 5.25 Å². The summed E-state index contributed by atoms with van der Waals surface area (Å²) in [5, 5.41) is 2.64. The lowest BCUT2D eigenvalue weighted by Crippen LogP contribution is -2.34. The van der Waals surface area contributed by atoms with Gasteiger partial charge in [-0.1, -0.05) is 18.6 Å². The Morgan fingerprint density at radius 2 is 2.00 bits per heavy atom. The second-order valence-corrected chi connectivity index (χ2v) is 8.11. The Bertz CT molecular complexity index is 604. The van der Waals surface area contributed by atoms with Crippen LogP contribution in [0.3, 0.4) is 0 Å². The van der Waals surface area contributed by atoms with Crippen LogP contribution < -0.4 is 5.32 Å². The Morgan fingerprint density at radius 3 is 2.62 bits per heavy atom. The van der Waals surface area contributed by atoms with Crippen LogP contribution in [0.1, 0.15) is 37.3 Å². The van der Waals surface area contributed by atoms with Gasteiger partial charge in [-0.05, 0) is 38.3 Å². The molecule has 0 aromatic heterocycles. The van der Waals surface area contributed by atoms with E-state index in [2.05, 4.69) is 5.32 Å². The van der Waals surface area contributed by atoms with Crippen molar-refractivity contribution < 1.29 is 17.2 Å². The summed E-state index contributed by atoms with van der Waals surface area (Å²) in [6.45, 7) is 0. The van der Waals surface area contributed by atoms with E-state index >= 15 is 0 Å². The van der Waals surface area contributed by atoms with Crippen molar-refractivity contribution in [1.82, 2.24) is 5.32 Å². The van der Waals surface area contributed by atoms with Gasteiger partial charge < -0.3 is 5.32 Å². The van der Waals surface area contributed by atoms with E-state index in [1.165, 1.54) is 12.3 Å². The third-order valence-corrected chi connectivity index (χ3v) is 6.01. The summed E-state index contributed by atoms with van der Waals surface area (Å²) in [6, 6.07) is 3.76. The molecule has 3 unspecified atom stereocenters. The summed E-state index contributed by atoms with van der Waals surface area (Å²) in [7, 11) is -1.40. The topological polar surface area (TPSA) is 46.2 Å². The summed E-state index contributed by atoms with van der Waals surface area (Å²) in [6.07, 6.45) is 3.99. The molecule has 0 spiro atoms. The number of sulfone groups is 1. The molecule has 118 valence electrons. The molecule has 21 heavy (non-hydrogen) atoms. The highest BCUT2D eigenvalue weighted by Crippen LogP contribution is 2.37. The number of benzene rings is 1. The minimum absolute atomic E-state index is 0.0141. The van der Waals surface area contributed by atoms with Crippen LogP contribution in [0.15, 0.2) is 18.2 Å². The van der Waals surface area contributed by atoms with Crippen molar-refractivity contribution in [2.24, 2.45) is 5.92 Å². The van der Waals surface area contributed by atoms with Crippen LogP contribution in [0, 0.1) is 17.6 Å². The molecule has 3 atom stereocenters. The summed E-state index contributed by atoms with van der Waals surface area (Å²) >= 11 is 0. The van der Waals surface area contributed by atoms with Crippen molar-refractivity contribution in [3.8, 4) is 0 Å². The molecule has 1 aromatic rings. The van der Waals surface area contributed by atoms with Crippen LogP contribution in [-0.2, 0) is 9.84 Å². The van der Waals surface area contributed by atoms with Crippen molar-refractivity contribution in [2.75, 3.05) is 13.3 Å². The first-order valence-corrected chi connectivity index (χ1v) is 9.10. The molecule has 0 aliphatic heterocycles. The Hall–Kier alpha value is -1.01. The molecule has 0 amide bonds. The Balaban J connectivity index is 2.27. The van der Waals surface area contributed by atoms with E-state index in [9.17, 15) is 17.2 Å². The molecule has 0 bridgehead atoms. The lowest BCUT2D eigenvalue weighted by atomic mass is 9.80. The first-order valence-electron chi connectivity index (χ1n) is 7.14. The van der Waals surface area contributed by atoms with Crippen LogP contribution in [-0.4, -0.2) is 27.0 Å². The molecule has 1 N–H and O–H groups in total. The average molecular weight is 317 g/mol. The minimum atomic E-state index is -3.10. The first kappa shape index (κ1) is 16.4. The molecule has 1 aliphatic rings. The molecule has 1 aromatic carbocycles. The van der Waals surface area contributed by atoms with Gasteiger partial charge in [-0.15, -0.1) is 0 Å². The molecule has 6 heteroatoms. The Labute approximate surface area is 124 Å². The van der Waals surface area contributed by atoms with E-state index in [1.54, 1.807) is 13.1 Å². The largest absolute Gasteiger partial charge is 0.313 e. The zero-order valence-electron chi connectivity index (χ0n) is 12.3. The molecule has 1 fully saturated rings. The van der Waals surface area contributed by atoms with Crippen LogP contribution >= 0.6 is 0 Å². The number of hydrogen-bond donors (Lipinski definition) is 1. The SMILES string of the molecule is CNC(c1cccc(F)c1F)C1CCCC(S(C)(=O)=O)C1. The highest BCUT2D eigenvalue weighted by atomic mass is 32.2. The third kappa shape index (κ3) is 3.61. The summed E-state index contributed by atoms with van der Waals surface area (Å²) in [4.78, 5) is 0. The summed E-state index contributed by atoms with van der Waals surface area (Å²) in [5.41, 5.74) is 0.275. The fraction of sp³-hybridized carbons (Fsp3) is 0.600. The number of rotatable bonds is 4. The quantitative estimate of drug-likeness (QED) is 0.929. The maximum atomic E-state index is 14.0. The standard InChI is InChI=1S/C15H21F2NO2S/c1-18-15(12-7-4-8-13(16)14(12)17)10-5-3-6-11(9-10)21(2,19)20/h4,7-8,10-11,15,18H,3,5-6,9H2,1-2H3. The highest BCUT2D eigenvalue weighted by Gasteiger charge is 2.34. The van der Waals surface area contributed by atoms with E-state index in [0.717, 1.165) is 18.9 Å². The van der Waals surface area contributed by atoms with E-state index in [1.807, 2.05) is 0 Å². The van der Waals surface area contributed by atoms with Crippen molar-refractivity contribution in [3.05, 3.63) is 35.4 Å². The second kappa shape index (κ2) is 6.40. The van der Waals surface area contributed by atoms with E-state index in [0.29, 0.717) is 12.8 Å². The van der Waals surface area contributed by atoms with Crippen molar-refractivity contribution >= 4 is 9.84 Å². The van der Waals surface area contributed by atoms with Crippen LogP contribution in [0.5, 0.6) is 0 Å². The van der Waals surface area contributed by atoms with Gasteiger partial charge in [0.1, 0.15) is 9.84 Å². The molecule has 0 radical (unpaired) electrons. The summed E-state index contributed by atoms with van der Waals surface area (Å²) in [5.74, 6) is -1.73. The average Bonchev–Trinajstić information content (AvgIpc) is 2.44. The normalized spacial score (nSPS) is 24.8. The van der Waals surface area contributed by atoms with Crippen LogP contribution in [0.25, 0.3) is 0 Å². The molecule has 0 heterocycles. The van der Waals surface area contributed by atoms with Crippen molar-refractivity contribution in [2.45, 2.75) is 37.0 Å². The fourth-order valence-electron chi connectivity index (χ4n) is 3.28. The number of nitrogens with one attached hydrogen (secondary N) is 1. The van der Waals surface area contributed by atoms with Crippen LogP contribution in [0.2, 0.25) is 0 Å². The smallest absolute Gasteiger partial charge is 0.163 e. The van der Waals surface area contributed by atoms with Gasteiger partial charge in [0.25, 0.3) is 0 Å². The molecule has 1 saturated carbocycles. The predicted octanol–water partition coefficient (Wildman–Crippen LogP) is 2.83. The zero-order chi connectivity index (χ0) is 15.6. The Kier molecular flexibility index (Phi) is 4.99. The molecule has 2 rings (SSSR count). The highest BCUT2D eigenvalue weighted by molar-refractivity contribution is 7.91. The maximum absolute atomic E-state index is 14.0. The first-order chi connectivity index (χ1) is 9.84. The summed E-state index contributed by atoms with van der Waals surface area (Å²) < 4.78 is 50.9. The van der Waals surface area contributed by atoms with Crippen molar-refractivity contribution in [1.29, 1.82) is 0 Å². The van der Waals surface area contributed by atoms with Gasteiger partial charge in [0, 0.05) is 17.9 Å². The number of halogens is 2. The van der Waals surface area contributed by atoms with Crippen molar-refractivity contribution in [3.63, 3.8) is 0 Å². The van der Waals surface area contributed by atoms with Gasteiger partial charge in [0.2, 0.25) is 0 Å². The Morgan fingerprint density at radius 1 is 1.29 bits per heavy atom. The van der Waals surface area contributed by atoms with E-state index < -0.39 is 21.5 Å². The van der Waals surface area contributed by atoms with Gasteiger partial charge in [-0.3, -0.25) is 0 Å². The zero-order valence-corrected chi connectivity index (χ0v) is 13.1. The second-order valence-electron chi connectivity index (χ2n) is 5.79. The number of hydrogen-bond acceptors (Lipinski definition) is 3. The van der Waals surface area contributed by atoms with Crippen LogP contribution in [0.4, 0.5) is 8.78 Å². The molecule has 0 saturated heterocycles. The van der Waals surface area contributed by atoms with Gasteiger partial charge in [-0.2, -0.15) is 0 Å². The maximum Gasteiger partial charge on any atom is 0.163 e. The monoisotopic (exact) mass is 317 g/mol. The lowest BCUT2D eigenvalue weighted by molar-refractivity contribution is 0.276. The van der Waals surface area contributed by atoms with Gasteiger partial charge in [-0.25, -0.2) is 17.2 Å². The third-order valence-electron chi connectivity index (χ3n) is 4.37. The van der Waals surface area contributed by atoms with Gasteiger partial charge >= 0.3 is 0 Å². The van der Waals surface area contributed by atoms with E-state index in [4.69, 9.17) is 0 Å². The molecular weight excluding hydrogens is 296 g/mol. The predicted molar refractivity (Wildman–Crippen MR) is 78.7 cm³/mol. The molecular formula is C15H21F2NO2S. The van der Waals surface area contributed by atoms with E-state index in [-0.39, 0.29) is 22.8 Å².